The third-order valence-corrected chi connectivity index (χ3v) is 3.61. The van der Waals surface area contributed by atoms with E-state index in [1.807, 2.05) is 18.7 Å². The summed E-state index contributed by atoms with van der Waals surface area (Å²) < 4.78 is 1.88. The molecule has 5 heteroatoms. The monoisotopic (exact) mass is 226 g/mol. The molecule has 1 unspecified atom stereocenters. The molecule has 15 heavy (non-hydrogen) atoms. The molecule has 0 aliphatic rings. The predicted octanol–water partition coefficient (Wildman–Crippen LogP) is 1.93. The summed E-state index contributed by atoms with van der Waals surface area (Å²) in [6.45, 7) is 4.10. The first-order chi connectivity index (χ1) is 7.02. The average Bonchev–Trinajstić information content (AvgIpc) is 2.43. The highest BCUT2D eigenvalue weighted by Crippen LogP contribution is 2.27. The van der Waals surface area contributed by atoms with Gasteiger partial charge in [0.1, 0.15) is 0 Å². The smallest absolute Gasteiger partial charge is 0.0942 e. The Bertz CT molecular complexity index is 345. The molecule has 0 aliphatic carbocycles. The van der Waals surface area contributed by atoms with Crippen LogP contribution in [0.3, 0.4) is 0 Å². The highest BCUT2D eigenvalue weighted by Gasteiger charge is 2.12. The Morgan fingerprint density at radius 2 is 2.40 bits per heavy atom. The molecule has 0 radical (unpaired) electrons. The van der Waals surface area contributed by atoms with Crippen LogP contribution < -0.4 is 5.73 Å². The van der Waals surface area contributed by atoms with E-state index in [9.17, 15) is 0 Å². The number of nitrogens with one attached hydrogen (secondary N) is 1. The second-order valence-corrected chi connectivity index (χ2v) is 4.95. The SMILES string of the molecule is CCC(CC(=N)N)Sc1cc(C)nn1C. The van der Waals surface area contributed by atoms with Crippen molar-refractivity contribution in [1.82, 2.24) is 9.78 Å². The molecule has 0 saturated heterocycles. The van der Waals surface area contributed by atoms with Gasteiger partial charge in [0.2, 0.25) is 0 Å². The van der Waals surface area contributed by atoms with Gasteiger partial charge in [-0.1, -0.05) is 6.92 Å². The van der Waals surface area contributed by atoms with Gasteiger partial charge in [0.15, 0.2) is 0 Å². The number of amidine groups is 1. The molecule has 0 aromatic carbocycles. The molecule has 3 N–H and O–H groups in total. The highest BCUT2D eigenvalue weighted by atomic mass is 32.2. The van der Waals surface area contributed by atoms with Crippen LogP contribution in [-0.4, -0.2) is 20.9 Å². The molecule has 0 aliphatic heterocycles. The summed E-state index contributed by atoms with van der Waals surface area (Å²) >= 11 is 1.74. The molecule has 1 aromatic rings. The van der Waals surface area contributed by atoms with E-state index in [1.165, 1.54) is 0 Å². The molecular weight excluding hydrogens is 208 g/mol. The molecule has 1 aromatic heterocycles. The molecule has 0 spiro atoms. The van der Waals surface area contributed by atoms with Crippen molar-refractivity contribution in [3.63, 3.8) is 0 Å². The van der Waals surface area contributed by atoms with E-state index in [1.54, 1.807) is 11.8 Å². The Balaban J connectivity index is 2.66. The summed E-state index contributed by atoms with van der Waals surface area (Å²) in [6, 6.07) is 2.06. The number of rotatable bonds is 5. The fraction of sp³-hybridized carbons (Fsp3) is 0.600. The van der Waals surface area contributed by atoms with Gasteiger partial charge in [-0.05, 0) is 19.4 Å². The van der Waals surface area contributed by atoms with Gasteiger partial charge in [-0.2, -0.15) is 5.10 Å². The summed E-state index contributed by atoms with van der Waals surface area (Å²) in [7, 11) is 1.94. The van der Waals surface area contributed by atoms with Crippen molar-refractivity contribution in [3.8, 4) is 0 Å². The van der Waals surface area contributed by atoms with Gasteiger partial charge >= 0.3 is 0 Å². The quantitative estimate of drug-likeness (QED) is 0.458. The molecule has 0 bridgehead atoms. The number of hydrogen-bond donors (Lipinski definition) is 2. The fourth-order valence-electron chi connectivity index (χ4n) is 1.38. The Morgan fingerprint density at radius 3 is 2.80 bits per heavy atom. The van der Waals surface area contributed by atoms with Gasteiger partial charge < -0.3 is 5.73 Å². The summed E-state index contributed by atoms with van der Waals surface area (Å²) in [5.41, 5.74) is 6.44. The van der Waals surface area contributed by atoms with Crippen molar-refractivity contribution in [2.45, 2.75) is 37.0 Å². The van der Waals surface area contributed by atoms with Crippen molar-refractivity contribution in [2.75, 3.05) is 0 Å². The minimum atomic E-state index is 0.258. The van der Waals surface area contributed by atoms with Crippen molar-refractivity contribution in [3.05, 3.63) is 11.8 Å². The lowest BCUT2D eigenvalue weighted by molar-refractivity contribution is 0.689. The summed E-state index contributed by atoms with van der Waals surface area (Å²) in [6.07, 6.45) is 1.65. The normalized spacial score (nSPS) is 12.7. The van der Waals surface area contributed by atoms with Gasteiger partial charge in [0.25, 0.3) is 0 Å². The van der Waals surface area contributed by atoms with Gasteiger partial charge in [0, 0.05) is 18.7 Å². The van der Waals surface area contributed by atoms with Crippen molar-refractivity contribution < 1.29 is 0 Å². The summed E-state index contributed by atoms with van der Waals surface area (Å²) in [5, 5.41) is 13.1. The Morgan fingerprint density at radius 1 is 1.73 bits per heavy atom. The molecule has 4 nitrogen and oxygen atoms in total. The van der Waals surface area contributed by atoms with Gasteiger partial charge in [-0.25, -0.2) is 0 Å². The Hall–Kier alpha value is -0.970. The van der Waals surface area contributed by atoms with Crippen LogP contribution >= 0.6 is 11.8 Å². The summed E-state index contributed by atoms with van der Waals surface area (Å²) in [4.78, 5) is 0. The van der Waals surface area contributed by atoms with E-state index < -0.39 is 0 Å². The number of nitrogens with two attached hydrogens (primary N) is 1. The third kappa shape index (κ3) is 3.58. The van der Waals surface area contributed by atoms with Crippen LogP contribution in [0.1, 0.15) is 25.5 Å². The molecule has 1 atom stereocenters. The zero-order valence-corrected chi connectivity index (χ0v) is 10.3. The molecule has 84 valence electrons. The lowest BCUT2D eigenvalue weighted by Gasteiger charge is -2.12. The number of hydrogen-bond acceptors (Lipinski definition) is 3. The van der Waals surface area contributed by atoms with Gasteiger partial charge in [-0.3, -0.25) is 10.1 Å². The molecule has 0 saturated carbocycles. The van der Waals surface area contributed by atoms with E-state index in [0.29, 0.717) is 11.7 Å². The first-order valence-corrected chi connectivity index (χ1v) is 5.91. The maximum absolute atomic E-state index is 7.29. The van der Waals surface area contributed by atoms with E-state index in [4.69, 9.17) is 11.1 Å². The maximum Gasteiger partial charge on any atom is 0.0942 e. The maximum atomic E-state index is 7.29. The van der Waals surface area contributed by atoms with Crippen molar-refractivity contribution >= 4 is 17.6 Å². The highest BCUT2D eigenvalue weighted by molar-refractivity contribution is 7.99. The van der Waals surface area contributed by atoms with Crippen LogP contribution in [0.15, 0.2) is 11.1 Å². The molecule has 1 heterocycles. The van der Waals surface area contributed by atoms with E-state index in [2.05, 4.69) is 18.1 Å². The fourth-order valence-corrected chi connectivity index (χ4v) is 2.59. The second kappa shape index (κ2) is 5.21. The van der Waals surface area contributed by atoms with Crippen LogP contribution in [0.2, 0.25) is 0 Å². The predicted molar refractivity (Wildman–Crippen MR) is 64.4 cm³/mol. The lowest BCUT2D eigenvalue weighted by atomic mass is 10.2. The zero-order chi connectivity index (χ0) is 11.4. The van der Waals surface area contributed by atoms with Crippen molar-refractivity contribution in [2.24, 2.45) is 12.8 Å². The van der Waals surface area contributed by atoms with E-state index in [0.717, 1.165) is 17.1 Å². The zero-order valence-electron chi connectivity index (χ0n) is 9.45. The standard InChI is InChI=1S/C10H18N4S/c1-4-8(6-9(11)12)15-10-5-7(2)13-14(10)3/h5,8H,4,6H2,1-3H3,(H3,11,12). The Labute approximate surface area is 94.7 Å². The topological polar surface area (TPSA) is 67.7 Å². The van der Waals surface area contributed by atoms with E-state index >= 15 is 0 Å². The number of thioether (sulfide) groups is 1. The van der Waals surface area contributed by atoms with Crippen LogP contribution in [0, 0.1) is 12.3 Å². The number of aromatic nitrogens is 2. The number of aryl methyl sites for hydroxylation is 2. The minimum Gasteiger partial charge on any atom is -0.388 e. The van der Waals surface area contributed by atoms with E-state index in [-0.39, 0.29) is 5.84 Å². The average molecular weight is 226 g/mol. The van der Waals surface area contributed by atoms with Crippen LogP contribution in [0.5, 0.6) is 0 Å². The van der Waals surface area contributed by atoms with Crippen LogP contribution in [0.4, 0.5) is 0 Å². The first-order valence-electron chi connectivity index (χ1n) is 5.03. The molecule has 0 amide bonds. The molecular formula is C10H18N4S. The largest absolute Gasteiger partial charge is 0.388 e. The number of nitrogens with zero attached hydrogens (tertiary/aromatic N) is 2. The Kier molecular flexibility index (Phi) is 4.20. The van der Waals surface area contributed by atoms with Crippen LogP contribution in [-0.2, 0) is 7.05 Å². The minimum absolute atomic E-state index is 0.258. The van der Waals surface area contributed by atoms with Gasteiger partial charge in [0.05, 0.1) is 16.6 Å². The molecule has 1 rings (SSSR count). The lowest BCUT2D eigenvalue weighted by Crippen LogP contribution is -2.17. The second-order valence-electron chi connectivity index (χ2n) is 3.63. The molecule has 0 fully saturated rings. The van der Waals surface area contributed by atoms with Crippen LogP contribution in [0.25, 0.3) is 0 Å². The van der Waals surface area contributed by atoms with Gasteiger partial charge in [-0.15, -0.1) is 11.8 Å². The first kappa shape index (κ1) is 12.1. The summed E-state index contributed by atoms with van der Waals surface area (Å²) in [5.74, 6) is 0.258. The third-order valence-electron chi connectivity index (χ3n) is 2.15. The van der Waals surface area contributed by atoms with Crippen molar-refractivity contribution in [1.29, 1.82) is 5.41 Å².